The van der Waals surface area contributed by atoms with E-state index >= 15 is 0 Å². The minimum absolute atomic E-state index is 0.265. The maximum Gasteiger partial charge on any atom is 0.417 e. The Morgan fingerprint density at radius 3 is 2.61 bits per heavy atom. The molecule has 1 fully saturated rings. The fourth-order valence-electron chi connectivity index (χ4n) is 3.53. The number of aromatic nitrogens is 1. The first-order valence-electron chi connectivity index (χ1n) is 8.01. The number of hydrogen-bond donors (Lipinski definition) is 0. The van der Waals surface area contributed by atoms with E-state index in [9.17, 15) is 13.2 Å². The van der Waals surface area contributed by atoms with Crippen LogP contribution >= 0.6 is 0 Å². The minimum atomic E-state index is -4.34. The van der Waals surface area contributed by atoms with Crippen molar-refractivity contribution in [1.29, 1.82) is 0 Å². The second kappa shape index (κ2) is 5.94. The second-order valence-corrected chi connectivity index (χ2v) is 6.84. The highest BCUT2D eigenvalue weighted by Gasteiger charge is 2.36. The van der Waals surface area contributed by atoms with Crippen molar-refractivity contribution in [2.75, 3.05) is 38.1 Å². The zero-order valence-electron chi connectivity index (χ0n) is 13.8. The van der Waals surface area contributed by atoms with Crippen LogP contribution in [0.5, 0.6) is 0 Å². The Kier molecular flexibility index (Phi) is 4.27. The molecule has 0 saturated carbocycles. The van der Waals surface area contributed by atoms with E-state index in [2.05, 4.69) is 33.5 Å². The number of rotatable bonds is 1. The van der Waals surface area contributed by atoms with Crippen molar-refractivity contribution >= 4 is 5.82 Å². The van der Waals surface area contributed by atoms with Gasteiger partial charge in [-0.2, -0.15) is 13.2 Å². The van der Waals surface area contributed by atoms with Crippen molar-refractivity contribution in [2.24, 2.45) is 0 Å². The molecule has 1 aromatic rings. The van der Waals surface area contributed by atoms with E-state index in [1.807, 2.05) is 7.05 Å². The highest BCUT2D eigenvalue weighted by atomic mass is 19.4. The van der Waals surface area contributed by atoms with Crippen LogP contribution in [-0.4, -0.2) is 60.1 Å². The molecule has 4 nitrogen and oxygen atoms in total. The van der Waals surface area contributed by atoms with Crippen molar-refractivity contribution in [2.45, 2.75) is 38.7 Å². The molecule has 2 aliphatic heterocycles. The van der Waals surface area contributed by atoms with Gasteiger partial charge in [0.15, 0.2) is 0 Å². The Morgan fingerprint density at radius 2 is 1.96 bits per heavy atom. The third-order valence-electron chi connectivity index (χ3n) is 4.75. The summed E-state index contributed by atoms with van der Waals surface area (Å²) >= 11 is 0. The Balaban J connectivity index is 1.94. The lowest BCUT2D eigenvalue weighted by atomic mass is 10.1. The molecule has 0 spiro atoms. The van der Waals surface area contributed by atoms with Gasteiger partial charge in [-0.1, -0.05) is 0 Å². The van der Waals surface area contributed by atoms with Gasteiger partial charge in [-0.15, -0.1) is 0 Å². The summed E-state index contributed by atoms with van der Waals surface area (Å²) in [7, 11) is 1.96. The lowest BCUT2D eigenvalue weighted by Gasteiger charge is -2.43. The third kappa shape index (κ3) is 3.30. The summed E-state index contributed by atoms with van der Waals surface area (Å²) in [4.78, 5) is 10.9. The van der Waals surface area contributed by atoms with Crippen LogP contribution in [0.25, 0.3) is 0 Å². The van der Waals surface area contributed by atoms with Gasteiger partial charge in [0.1, 0.15) is 5.82 Å². The Hall–Kier alpha value is -1.34. The SMILES string of the molecule is CC(C)N1CCN2c3ncc(C(F)(F)F)cc3CN(C)C[C@H]2C1. The van der Waals surface area contributed by atoms with Crippen LogP contribution in [0.4, 0.5) is 19.0 Å². The van der Waals surface area contributed by atoms with Crippen molar-refractivity contribution in [3.8, 4) is 0 Å². The summed E-state index contributed by atoms with van der Waals surface area (Å²) in [6, 6.07) is 2.00. The van der Waals surface area contributed by atoms with Crippen LogP contribution in [-0.2, 0) is 12.7 Å². The summed E-state index contributed by atoms with van der Waals surface area (Å²) in [6.07, 6.45) is -3.38. The normalized spacial score (nSPS) is 23.6. The fraction of sp³-hybridized carbons (Fsp3) is 0.688. The van der Waals surface area contributed by atoms with Crippen molar-refractivity contribution in [3.05, 3.63) is 23.4 Å². The number of halogens is 3. The van der Waals surface area contributed by atoms with E-state index < -0.39 is 11.7 Å². The lowest BCUT2D eigenvalue weighted by Crippen LogP contribution is -2.57. The molecule has 0 aliphatic carbocycles. The van der Waals surface area contributed by atoms with E-state index in [1.54, 1.807) is 0 Å². The van der Waals surface area contributed by atoms with Crippen LogP contribution in [0.2, 0.25) is 0 Å². The second-order valence-electron chi connectivity index (χ2n) is 6.84. The summed E-state index contributed by atoms with van der Waals surface area (Å²) < 4.78 is 38.9. The summed E-state index contributed by atoms with van der Waals surface area (Å²) in [6.45, 7) is 8.34. The number of hydrogen-bond acceptors (Lipinski definition) is 4. The molecule has 3 rings (SSSR count). The van der Waals surface area contributed by atoms with Crippen molar-refractivity contribution in [1.82, 2.24) is 14.8 Å². The fourth-order valence-corrected chi connectivity index (χ4v) is 3.53. The van der Waals surface area contributed by atoms with Gasteiger partial charge in [0.2, 0.25) is 0 Å². The van der Waals surface area contributed by atoms with Gasteiger partial charge in [0.25, 0.3) is 0 Å². The average molecular weight is 328 g/mol. The molecule has 0 amide bonds. The Morgan fingerprint density at radius 1 is 1.22 bits per heavy atom. The molecule has 3 heterocycles. The number of likely N-dealkylation sites (N-methyl/N-ethyl adjacent to an activating group) is 1. The van der Waals surface area contributed by atoms with Gasteiger partial charge >= 0.3 is 6.18 Å². The van der Waals surface area contributed by atoms with Gasteiger partial charge in [-0.05, 0) is 27.0 Å². The standard InChI is InChI=1S/C16H23F3N4/c1-11(2)22-4-5-23-14(10-22)9-21(3)8-12-6-13(16(17,18)19)7-20-15(12)23/h6-7,11,14H,4-5,8-10H2,1-3H3/t14-/m0/s1. The number of piperazine rings is 1. The first-order valence-corrected chi connectivity index (χ1v) is 8.01. The van der Waals surface area contributed by atoms with Crippen molar-refractivity contribution in [3.63, 3.8) is 0 Å². The predicted molar refractivity (Wildman–Crippen MR) is 83.4 cm³/mol. The molecule has 0 bridgehead atoms. The number of fused-ring (bicyclic) bond motifs is 3. The van der Waals surface area contributed by atoms with Crippen molar-refractivity contribution < 1.29 is 13.2 Å². The van der Waals surface area contributed by atoms with E-state index in [4.69, 9.17) is 0 Å². The molecule has 1 saturated heterocycles. The van der Waals surface area contributed by atoms with Gasteiger partial charge in [0.05, 0.1) is 11.6 Å². The molecule has 0 radical (unpaired) electrons. The zero-order valence-corrected chi connectivity index (χ0v) is 13.8. The Bertz CT molecular complexity index is 573. The van der Waals surface area contributed by atoms with Gasteiger partial charge < -0.3 is 4.90 Å². The third-order valence-corrected chi connectivity index (χ3v) is 4.75. The number of alkyl halides is 3. The molecule has 23 heavy (non-hydrogen) atoms. The van der Waals surface area contributed by atoms with E-state index in [-0.39, 0.29) is 6.04 Å². The number of anilines is 1. The first kappa shape index (κ1) is 16.5. The van der Waals surface area contributed by atoms with E-state index in [0.717, 1.165) is 38.2 Å². The maximum atomic E-state index is 13.0. The van der Waals surface area contributed by atoms with Crippen LogP contribution in [0.1, 0.15) is 25.0 Å². The molecule has 7 heteroatoms. The molecular weight excluding hydrogens is 305 g/mol. The molecule has 1 atom stereocenters. The zero-order chi connectivity index (χ0) is 16.8. The molecule has 128 valence electrons. The van der Waals surface area contributed by atoms with Gasteiger partial charge in [-0.3, -0.25) is 9.80 Å². The number of pyridine rings is 1. The Labute approximate surface area is 134 Å². The van der Waals surface area contributed by atoms with E-state index in [0.29, 0.717) is 18.2 Å². The molecule has 2 aliphatic rings. The molecular formula is C16H23F3N4. The minimum Gasteiger partial charge on any atom is -0.350 e. The summed E-state index contributed by atoms with van der Waals surface area (Å²) in [5.41, 5.74) is 0.00624. The predicted octanol–water partition coefficient (Wildman–Crippen LogP) is 2.44. The largest absolute Gasteiger partial charge is 0.417 e. The van der Waals surface area contributed by atoms with Crippen LogP contribution < -0.4 is 4.90 Å². The van der Waals surface area contributed by atoms with E-state index in [1.165, 1.54) is 6.07 Å². The maximum absolute atomic E-state index is 13.0. The van der Waals surface area contributed by atoms with Crippen LogP contribution in [0, 0.1) is 0 Å². The highest BCUT2D eigenvalue weighted by Crippen LogP contribution is 2.34. The summed E-state index contributed by atoms with van der Waals surface area (Å²) in [5.74, 6) is 0.718. The smallest absolute Gasteiger partial charge is 0.350 e. The van der Waals surface area contributed by atoms with Crippen LogP contribution in [0.3, 0.4) is 0 Å². The molecule has 1 aromatic heterocycles. The van der Waals surface area contributed by atoms with Gasteiger partial charge in [-0.25, -0.2) is 4.98 Å². The number of nitrogens with zero attached hydrogens (tertiary/aromatic N) is 4. The average Bonchev–Trinajstić information content (AvgIpc) is 2.59. The molecule has 0 aromatic carbocycles. The highest BCUT2D eigenvalue weighted by molar-refractivity contribution is 5.51. The lowest BCUT2D eigenvalue weighted by molar-refractivity contribution is -0.137. The monoisotopic (exact) mass is 328 g/mol. The topological polar surface area (TPSA) is 22.6 Å². The molecule has 0 N–H and O–H groups in total. The summed E-state index contributed by atoms with van der Waals surface area (Å²) in [5, 5.41) is 0. The molecule has 0 unspecified atom stereocenters. The first-order chi connectivity index (χ1) is 10.8. The van der Waals surface area contributed by atoms with Gasteiger partial charge in [0, 0.05) is 50.5 Å². The van der Waals surface area contributed by atoms with Crippen LogP contribution in [0.15, 0.2) is 12.3 Å². The quantitative estimate of drug-likeness (QED) is 0.790.